The number of benzene rings is 2. The summed E-state index contributed by atoms with van der Waals surface area (Å²) in [6, 6.07) is 13.1. The van der Waals surface area contributed by atoms with Crippen LogP contribution in [0.15, 0.2) is 61.2 Å². The van der Waals surface area contributed by atoms with Gasteiger partial charge >= 0.3 is 0 Å². The van der Waals surface area contributed by atoms with E-state index in [0.29, 0.717) is 29.4 Å². The van der Waals surface area contributed by atoms with Gasteiger partial charge in [0.15, 0.2) is 17.4 Å². The van der Waals surface area contributed by atoms with Crippen LogP contribution in [0.2, 0.25) is 0 Å². The first-order valence-electron chi connectivity index (χ1n) is 11.7. The Morgan fingerprint density at radius 1 is 1.23 bits per heavy atom. The van der Waals surface area contributed by atoms with Crippen molar-refractivity contribution in [3.8, 4) is 5.69 Å². The van der Waals surface area contributed by atoms with E-state index in [1.807, 2.05) is 35.7 Å². The molecule has 0 spiro atoms. The van der Waals surface area contributed by atoms with Crippen molar-refractivity contribution in [3.63, 3.8) is 0 Å². The van der Waals surface area contributed by atoms with Crippen LogP contribution >= 0.6 is 0 Å². The van der Waals surface area contributed by atoms with Crippen molar-refractivity contribution in [3.05, 3.63) is 94.1 Å². The summed E-state index contributed by atoms with van der Waals surface area (Å²) in [5, 5.41) is 23.9. The zero-order valence-electron chi connectivity index (χ0n) is 20.5. The molecule has 9 nitrogen and oxygen atoms in total. The SMILES string of the molecule is C=CCCCNCc1nnc(C(CC)N(C)C)n1-c1ccc([N+](=O)[O-])cc1C(=O)c1ccccc1. The van der Waals surface area contributed by atoms with Gasteiger partial charge in [-0.25, -0.2) is 0 Å². The van der Waals surface area contributed by atoms with Gasteiger partial charge in [-0.1, -0.05) is 43.3 Å². The number of nitrogens with one attached hydrogen (secondary N) is 1. The molecule has 3 rings (SSSR count). The Morgan fingerprint density at radius 3 is 2.60 bits per heavy atom. The Kier molecular flexibility index (Phi) is 8.99. The standard InChI is InChI=1S/C26H32N6O3/c1-5-7-11-16-27-18-24-28-29-26(22(6-2)30(3)4)31(24)23-15-14-20(32(34)35)17-21(23)25(33)19-12-9-8-10-13-19/h5,8-10,12-15,17,22,27H,1,6-7,11,16,18H2,2-4H3. The summed E-state index contributed by atoms with van der Waals surface area (Å²) < 4.78 is 1.87. The average Bonchev–Trinajstić information content (AvgIpc) is 3.26. The number of carbonyl (C=O) groups excluding carboxylic acids is 1. The van der Waals surface area contributed by atoms with Crippen molar-refractivity contribution in [1.82, 2.24) is 25.0 Å². The van der Waals surface area contributed by atoms with Crippen molar-refractivity contribution in [2.45, 2.75) is 38.8 Å². The molecule has 0 fully saturated rings. The molecule has 1 atom stereocenters. The monoisotopic (exact) mass is 476 g/mol. The molecule has 3 aromatic rings. The van der Waals surface area contributed by atoms with Crippen LogP contribution in [0.4, 0.5) is 5.69 Å². The number of hydrogen-bond acceptors (Lipinski definition) is 7. The first kappa shape index (κ1) is 25.9. The molecule has 9 heteroatoms. The van der Waals surface area contributed by atoms with Gasteiger partial charge in [-0.15, -0.1) is 16.8 Å². The molecule has 0 saturated heterocycles. The van der Waals surface area contributed by atoms with E-state index in [2.05, 4.69) is 29.0 Å². The highest BCUT2D eigenvalue weighted by molar-refractivity contribution is 6.11. The zero-order valence-corrected chi connectivity index (χ0v) is 20.5. The third-order valence-electron chi connectivity index (χ3n) is 5.82. The number of carbonyl (C=O) groups is 1. The van der Waals surface area contributed by atoms with Gasteiger partial charge in [0.25, 0.3) is 5.69 Å². The number of nitro groups is 1. The maximum Gasteiger partial charge on any atom is 0.270 e. The fourth-order valence-electron chi connectivity index (χ4n) is 4.03. The summed E-state index contributed by atoms with van der Waals surface area (Å²) in [6.07, 6.45) is 4.49. The first-order valence-corrected chi connectivity index (χ1v) is 11.7. The highest BCUT2D eigenvalue weighted by Gasteiger charge is 2.27. The van der Waals surface area contributed by atoms with Crippen LogP contribution in [-0.2, 0) is 6.54 Å². The molecule has 2 aromatic carbocycles. The Balaban J connectivity index is 2.17. The van der Waals surface area contributed by atoms with E-state index in [4.69, 9.17) is 0 Å². The van der Waals surface area contributed by atoms with Gasteiger partial charge in [0, 0.05) is 17.7 Å². The normalized spacial score (nSPS) is 12.0. The molecule has 1 N–H and O–H groups in total. The topological polar surface area (TPSA) is 106 Å². The fraction of sp³-hybridized carbons (Fsp3) is 0.346. The summed E-state index contributed by atoms with van der Waals surface area (Å²) in [5.41, 5.74) is 1.06. The molecular weight excluding hydrogens is 444 g/mol. The van der Waals surface area contributed by atoms with E-state index in [9.17, 15) is 14.9 Å². The quantitative estimate of drug-likeness (QED) is 0.127. The smallest absolute Gasteiger partial charge is 0.270 e. The van der Waals surface area contributed by atoms with E-state index < -0.39 is 4.92 Å². The highest BCUT2D eigenvalue weighted by atomic mass is 16.6. The zero-order chi connectivity index (χ0) is 25.4. The van der Waals surface area contributed by atoms with Crippen molar-refractivity contribution in [2.75, 3.05) is 20.6 Å². The molecule has 1 aromatic heterocycles. The maximum absolute atomic E-state index is 13.6. The number of rotatable bonds is 13. The molecule has 0 aliphatic carbocycles. The van der Waals surface area contributed by atoms with Crippen molar-refractivity contribution in [2.24, 2.45) is 0 Å². The van der Waals surface area contributed by atoms with Crippen LogP contribution in [0.25, 0.3) is 5.69 Å². The minimum Gasteiger partial charge on any atom is -0.310 e. The summed E-state index contributed by atoms with van der Waals surface area (Å²) in [6.45, 7) is 7.02. The predicted octanol–water partition coefficient (Wildman–Crippen LogP) is 4.48. The van der Waals surface area contributed by atoms with Gasteiger partial charge in [-0.05, 0) is 46.0 Å². The molecule has 0 aliphatic heterocycles. The third kappa shape index (κ3) is 6.06. The second kappa shape index (κ2) is 12.1. The molecule has 0 radical (unpaired) electrons. The van der Waals surface area contributed by atoms with Gasteiger partial charge in [-0.3, -0.25) is 24.4 Å². The summed E-state index contributed by atoms with van der Waals surface area (Å²) in [5.74, 6) is 1.01. The van der Waals surface area contributed by atoms with Crippen LogP contribution in [0, 0.1) is 10.1 Å². The summed E-state index contributed by atoms with van der Waals surface area (Å²) in [4.78, 5) is 26.7. The Bertz CT molecular complexity index is 1170. The van der Waals surface area contributed by atoms with E-state index >= 15 is 0 Å². The molecule has 184 valence electrons. The Hall–Kier alpha value is -3.69. The van der Waals surface area contributed by atoms with E-state index in [1.54, 1.807) is 30.3 Å². The molecule has 0 amide bonds. The van der Waals surface area contributed by atoms with Crippen molar-refractivity contribution >= 4 is 11.5 Å². The summed E-state index contributed by atoms with van der Waals surface area (Å²) in [7, 11) is 3.93. The van der Waals surface area contributed by atoms with Crippen LogP contribution in [-0.4, -0.2) is 51.0 Å². The molecule has 0 saturated carbocycles. The molecular formula is C26H32N6O3. The van der Waals surface area contributed by atoms with Gasteiger partial charge in [0.2, 0.25) is 0 Å². The van der Waals surface area contributed by atoms with Gasteiger partial charge in [0.1, 0.15) is 0 Å². The number of unbranched alkanes of at least 4 members (excludes halogenated alkanes) is 1. The highest BCUT2D eigenvalue weighted by Crippen LogP contribution is 2.29. The van der Waals surface area contributed by atoms with Gasteiger partial charge in [0.05, 0.1) is 28.8 Å². The van der Waals surface area contributed by atoms with Crippen LogP contribution < -0.4 is 5.32 Å². The molecule has 1 unspecified atom stereocenters. The third-order valence-corrected chi connectivity index (χ3v) is 5.82. The van der Waals surface area contributed by atoms with Crippen LogP contribution in [0.5, 0.6) is 0 Å². The number of nitro benzene ring substituents is 1. The Labute approximate surface area is 205 Å². The Morgan fingerprint density at radius 2 is 1.97 bits per heavy atom. The minimum atomic E-state index is -0.491. The van der Waals surface area contributed by atoms with Crippen molar-refractivity contribution in [1.29, 1.82) is 0 Å². The van der Waals surface area contributed by atoms with E-state index in [-0.39, 0.29) is 23.1 Å². The molecule has 0 bridgehead atoms. The number of non-ortho nitro benzene ring substituents is 1. The van der Waals surface area contributed by atoms with Crippen molar-refractivity contribution < 1.29 is 9.72 Å². The fourth-order valence-corrected chi connectivity index (χ4v) is 4.03. The maximum atomic E-state index is 13.6. The number of aromatic nitrogens is 3. The first-order chi connectivity index (χ1) is 16.9. The van der Waals surface area contributed by atoms with Gasteiger partial charge in [-0.2, -0.15) is 0 Å². The minimum absolute atomic E-state index is 0.0631. The summed E-state index contributed by atoms with van der Waals surface area (Å²) >= 11 is 0. The molecule has 0 aliphatic rings. The predicted molar refractivity (Wildman–Crippen MR) is 136 cm³/mol. The number of hydrogen-bond donors (Lipinski definition) is 1. The number of nitrogens with zero attached hydrogens (tertiary/aromatic N) is 5. The van der Waals surface area contributed by atoms with Gasteiger partial charge < -0.3 is 5.32 Å². The average molecular weight is 477 g/mol. The molecule has 1 heterocycles. The molecule has 35 heavy (non-hydrogen) atoms. The van der Waals surface area contributed by atoms with E-state index in [0.717, 1.165) is 25.8 Å². The lowest BCUT2D eigenvalue weighted by molar-refractivity contribution is -0.384. The van der Waals surface area contributed by atoms with Crippen LogP contribution in [0.3, 0.4) is 0 Å². The van der Waals surface area contributed by atoms with E-state index in [1.165, 1.54) is 12.1 Å². The second-order valence-electron chi connectivity index (χ2n) is 8.46. The lowest BCUT2D eigenvalue weighted by Crippen LogP contribution is -2.25. The second-order valence-corrected chi connectivity index (χ2v) is 8.46. The van der Waals surface area contributed by atoms with Crippen LogP contribution in [0.1, 0.15) is 59.8 Å². The number of allylic oxidation sites excluding steroid dienone is 1. The largest absolute Gasteiger partial charge is 0.310 e. The lowest BCUT2D eigenvalue weighted by Gasteiger charge is -2.24. The lowest BCUT2D eigenvalue weighted by atomic mass is 10.0. The number of ketones is 1.